The third-order valence-corrected chi connectivity index (χ3v) is 6.10. The minimum atomic E-state index is -3.34. The van der Waals surface area contributed by atoms with Crippen LogP contribution in [-0.2, 0) is 10.0 Å². The fraction of sp³-hybridized carbons (Fsp3) is 0.500. The van der Waals surface area contributed by atoms with E-state index in [4.69, 9.17) is 0 Å². The first-order chi connectivity index (χ1) is 11.5. The standard InChI is InChI=1S/C18H24N2O3S/c1-2-3-8-24(22,23)20-18(14-10-16(21)11-14)15-9-13-6-4-5-7-17(13)19-12-15/h4-7,9,12,14,16,18,20-21H,2-3,8,10-11H2,1H3/t14?,16?,18-/m1/s1. The second kappa shape index (κ2) is 7.17. The molecule has 2 aromatic rings. The van der Waals surface area contributed by atoms with Crippen LogP contribution >= 0.6 is 0 Å². The van der Waals surface area contributed by atoms with Gasteiger partial charge in [0.1, 0.15) is 0 Å². The van der Waals surface area contributed by atoms with Crippen LogP contribution in [0.2, 0.25) is 0 Å². The molecule has 0 aliphatic heterocycles. The molecule has 1 fully saturated rings. The van der Waals surface area contributed by atoms with Crippen molar-refractivity contribution in [2.24, 2.45) is 5.92 Å². The maximum Gasteiger partial charge on any atom is 0.212 e. The fourth-order valence-electron chi connectivity index (χ4n) is 3.18. The highest BCUT2D eigenvalue weighted by Gasteiger charge is 2.37. The molecular formula is C18H24N2O3S. The maximum atomic E-state index is 12.4. The molecule has 1 atom stereocenters. The molecule has 0 saturated heterocycles. The number of unbranched alkanes of at least 4 members (excludes halogenated alkanes) is 1. The van der Waals surface area contributed by atoms with Crippen molar-refractivity contribution in [1.29, 1.82) is 0 Å². The van der Waals surface area contributed by atoms with Crippen molar-refractivity contribution < 1.29 is 13.5 Å². The second-order valence-electron chi connectivity index (χ2n) is 6.61. The van der Waals surface area contributed by atoms with Gasteiger partial charge in [0.15, 0.2) is 0 Å². The second-order valence-corrected chi connectivity index (χ2v) is 8.49. The van der Waals surface area contributed by atoms with Crippen LogP contribution in [0.4, 0.5) is 0 Å². The molecule has 6 heteroatoms. The van der Waals surface area contributed by atoms with Crippen LogP contribution in [0.3, 0.4) is 0 Å². The van der Waals surface area contributed by atoms with Gasteiger partial charge >= 0.3 is 0 Å². The first kappa shape index (κ1) is 17.3. The Balaban J connectivity index is 1.88. The molecule has 0 amide bonds. The summed E-state index contributed by atoms with van der Waals surface area (Å²) >= 11 is 0. The first-order valence-electron chi connectivity index (χ1n) is 8.51. The lowest BCUT2D eigenvalue weighted by Crippen LogP contribution is -2.42. The Bertz CT molecular complexity index is 801. The third-order valence-electron chi connectivity index (χ3n) is 4.66. The van der Waals surface area contributed by atoms with E-state index in [1.807, 2.05) is 37.3 Å². The molecule has 1 heterocycles. The summed E-state index contributed by atoms with van der Waals surface area (Å²) < 4.78 is 27.6. The van der Waals surface area contributed by atoms with Crippen molar-refractivity contribution in [3.05, 3.63) is 42.1 Å². The zero-order valence-electron chi connectivity index (χ0n) is 13.9. The van der Waals surface area contributed by atoms with Crippen LogP contribution in [0, 0.1) is 5.92 Å². The number of hydrogen-bond donors (Lipinski definition) is 2. The van der Waals surface area contributed by atoms with Crippen molar-refractivity contribution in [2.45, 2.75) is 44.8 Å². The molecule has 1 aliphatic carbocycles. The van der Waals surface area contributed by atoms with E-state index < -0.39 is 10.0 Å². The lowest BCUT2D eigenvalue weighted by molar-refractivity contribution is 0.0280. The molecule has 0 spiro atoms. The van der Waals surface area contributed by atoms with Crippen LogP contribution in [0.15, 0.2) is 36.5 Å². The number of sulfonamides is 1. The van der Waals surface area contributed by atoms with Gasteiger partial charge in [0.2, 0.25) is 10.0 Å². The van der Waals surface area contributed by atoms with Crippen molar-refractivity contribution in [2.75, 3.05) is 5.75 Å². The highest BCUT2D eigenvalue weighted by molar-refractivity contribution is 7.89. The molecule has 0 bridgehead atoms. The molecule has 24 heavy (non-hydrogen) atoms. The molecule has 130 valence electrons. The monoisotopic (exact) mass is 348 g/mol. The van der Waals surface area contributed by atoms with Gasteiger partial charge in [0, 0.05) is 11.6 Å². The van der Waals surface area contributed by atoms with Gasteiger partial charge in [-0.15, -0.1) is 0 Å². The Morgan fingerprint density at radius 2 is 2.08 bits per heavy atom. The zero-order valence-corrected chi connectivity index (χ0v) is 14.7. The van der Waals surface area contributed by atoms with Crippen molar-refractivity contribution >= 4 is 20.9 Å². The number of aliphatic hydroxyl groups is 1. The maximum absolute atomic E-state index is 12.4. The van der Waals surface area contributed by atoms with Gasteiger partial charge in [-0.3, -0.25) is 4.98 Å². The van der Waals surface area contributed by atoms with Gasteiger partial charge in [-0.2, -0.15) is 0 Å². The summed E-state index contributed by atoms with van der Waals surface area (Å²) in [6, 6.07) is 9.47. The summed E-state index contributed by atoms with van der Waals surface area (Å²) in [7, 11) is -3.34. The zero-order chi connectivity index (χ0) is 17.2. The van der Waals surface area contributed by atoms with Crippen LogP contribution in [-0.4, -0.2) is 30.4 Å². The Hall–Kier alpha value is -1.50. The van der Waals surface area contributed by atoms with Crippen LogP contribution in [0.1, 0.15) is 44.2 Å². The lowest BCUT2D eigenvalue weighted by Gasteiger charge is -2.38. The average Bonchev–Trinajstić information content (AvgIpc) is 2.55. The average molecular weight is 348 g/mol. The minimum Gasteiger partial charge on any atom is -0.393 e. The molecule has 0 unspecified atom stereocenters. The van der Waals surface area contributed by atoms with E-state index in [1.54, 1.807) is 6.20 Å². The Morgan fingerprint density at radius 3 is 2.79 bits per heavy atom. The first-order valence-corrected chi connectivity index (χ1v) is 10.2. The number of pyridine rings is 1. The summed E-state index contributed by atoms with van der Waals surface area (Å²) in [6.45, 7) is 1.97. The molecule has 0 radical (unpaired) electrons. The number of aliphatic hydroxyl groups excluding tert-OH is 1. The molecule has 1 aromatic carbocycles. The lowest BCUT2D eigenvalue weighted by atomic mass is 9.75. The summed E-state index contributed by atoms with van der Waals surface area (Å²) in [5.74, 6) is 0.246. The predicted molar refractivity (Wildman–Crippen MR) is 95.0 cm³/mol. The summed E-state index contributed by atoms with van der Waals surface area (Å²) in [5.41, 5.74) is 1.76. The quantitative estimate of drug-likeness (QED) is 0.806. The predicted octanol–water partition coefficient (Wildman–Crippen LogP) is 2.77. The van der Waals surface area contributed by atoms with E-state index in [1.165, 1.54) is 0 Å². The number of nitrogens with one attached hydrogen (secondary N) is 1. The van der Waals surface area contributed by atoms with E-state index in [0.29, 0.717) is 19.3 Å². The topological polar surface area (TPSA) is 79.3 Å². The molecule has 3 rings (SSSR count). The van der Waals surface area contributed by atoms with E-state index >= 15 is 0 Å². The third kappa shape index (κ3) is 3.94. The number of rotatable bonds is 7. The van der Waals surface area contributed by atoms with Gasteiger partial charge in [-0.05, 0) is 42.9 Å². The van der Waals surface area contributed by atoms with Crippen molar-refractivity contribution in [3.63, 3.8) is 0 Å². The minimum absolute atomic E-state index is 0.111. The van der Waals surface area contributed by atoms with Crippen molar-refractivity contribution in [3.8, 4) is 0 Å². The summed E-state index contributed by atoms with van der Waals surface area (Å²) in [4.78, 5) is 4.46. The summed E-state index contributed by atoms with van der Waals surface area (Å²) in [6.07, 6.45) is 4.14. The molecule has 2 N–H and O–H groups in total. The number of aromatic nitrogens is 1. The number of hydrogen-bond acceptors (Lipinski definition) is 4. The van der Waals surface area contributed by atoms with Crippen LogP contribution in [0.25, 0.3) is 10.9 Å². The van der Waals surface area contributed by atoms with E-state index in [2.05, 4.69) is 9.71 Å². The summed E-state index contributed by atoms with van der Waals surface area (Å²) in [5, 5.41) is 10.6. The van der Waals surface area contributed by atoms with E-state index in [9.17, 15) is 13.5 Å². The Kier molecular flexibility index (Phi) is 5.18. The molecule has 1 aromatic heterocycles. The van der Waals surface area contributed by atoms with Gasteiger partial charge in [0.25, 0.3) is 0 Å². The normalized spacial score (nSPS) is 22.2. The molecule has 1 saturated carbocycles. The van der Waals surface area contributed by atoms with Gasteiger partial charge in [-0.25, -0.2) is 13.1 Å². The van der Waals surface area contributed by atoms with Gasteiger partial charge < -0.3 is 5.11 Å². The van der Waals surface area contributed by atoms with E-state index in [-0.39, 0.29) is 23.8 Å². The number of para-hydroxylation sites is 1. The van der Waals surface area contributed by atoms with Gasteiger partial charge in [-0.1, -0.05) is 31.5 Å². The number of benzene rings is 1. The van der Waals surface area contributed by atoms with Crippen LogP contribution in [0.5, 0.6) is 0 Å². The van der Waals surface area contributed by atoms with E-state index in [0.717, 1.165) is 22.9 Å². The largest absolute Gasteiger partial charge is 0.393 e. The number of fused-ring (bicyclic) bond motifs is 1. The number of nitrogens with zero attached hydrogens (tertiary/aromatic N) is 1. The molecule has 1 aliphatic rings. The highest BCUT2D eigenvalue weighted by atomic mass is 32.2. The molecule has 5 nitrogen and oxygen atoms in total. The van der Waals surface area contributed by atoms with Crippen LogP contribution < -0.4 is 4.72 Å². The highest BCUT2D eigenvalue weighted by Crippen LogP contribution is 2.38. The fourth-order valence-corrected chi connectivity index (χ4v) is 4.69. The Labute approximate surface area is 143 Å². The van der Waals surface area contributed by atoms with Crippen molar-refractivity contribution in [1.82, 2.24) is 9.71 Å². The van der Waals surface area contributed by atoms with Gasteiger partial charge in [0.05, 0.1) is 23.4 Å². The smallest absolute Gasteiger partial charge is 0.212 e. The Morgan fingerprint density at radius 1 is 1.33 bits per heavy atom. The SMILES string of the molecule is CCCCS(=O)(=O)N[C@@H](c1cnc2ccccc2c1)C1CC(O)C1. The molecular weight excluding hydrogens is 324 g/mol.